The minimum atomic E-state index is 0.725. The van der Waals surface area contributed by atoms with Crippen molar-refractivity contribution in [2.24, 2.45) is 0 Å². The van der Waals surface area contributed by atoms with Crippen LogP contribution in [-0.2, 0) is 11.3 Å². The van der Waals surface area contributed by atoms with Crippen LogP contribution in [0.4, 0.5) is 5.69 Å². The fourth-order valence-corrected chi connectivity index (χ4v) is 4.54. The van der Waals surface area contributed by atoms with Gasteiger partial charge in [0.15, 0.2) is 11.5 Å². The van der Waals surface area contributed by atoms with Crippen LogP contribution in [0.2, 0.25) is 0 Å². The van der Waals surface area contributed by atoms with Crippen LogP contribution in [0.25, 0.3) is 28.2 Å². The molecule has 8 nitrogen and oxygen atoms in total. The van der Waals surface area contributed by atoms with E-state index in [1.165, 1.54) is 18.4 Å². The van der Waals surface area contributed by atoms with E-state index in [-0.39, 0.29) is 0 Å². The molecule has 1 saturated carbocycles. The van der Waals surface area contributed by atoms with Crippen molar-refractivity contribution in [3.63, 3.8) is 0 Å². The van der Waals surface area contributed by atoms with Gasteiger partial charge in [-0.25, -0.2) is 14.6 Å². The lowest BCUT2D eigenvalue weighted by molar-refractivity contribution is 0.123. The smallest absolute Gasteiger partial charge is 0.164 e. The van der Waals surface area contributed by atoms with Crippen LogP contribution in [0.3, 0.4) is 0 Å². The lowest BCUT2D eigenvalue weighted by Gasteiger charge is -2.29. The molecule has 1 N–H and O–H groups in total. The number of pyridine rings is 1. The molecule has 0 spiro atoms. The van der Waals surface area contributed by atoms with Gasteiger partial charge in [0.05, 0.1) is 30.9 Å². The number of imidazole rings is 1. The Kier molecular flexibility index (Phi) is 5.32. The summed E-state index contributed by atoms with van der Waals surface area (Å²) in [6, 6.07) is 13.0. The van der Waals surface area contributed by atoms with E-state index < -0.39 is 0 Å². The van der Waals surface area contributed by atoms with Gasteiger partial charge in [-0.05, 0) is 43.5 Å². The Morgan fingerprint density at radius 1 is 1.12 bits per heavy atom. The van der Waals surface area contributed by atoms with E-state index in [4.69, 9.17) is 19.8 Å². The number of fused-ring (bicyclic) bond motifs is 1. The molecule has 0 radical (unpaired) electrons. The molecule has 33 heavy (non-hydrogen) atoms. The number of aromatic nitrogens is 5. The van der Waals surface area contributed by atoms with E-state index in [1.807, 2.05) is 24.3 Å². The predicted molar refractivity (Wildman–Crippen MR) is 129 cm³/mol. The third-order valence-corrected chi connectivity index (χ3v) is 6.55. The lowest BCUT2D eigenvalue weighted by Crippen LogP contribution is -2.36. The fourth-order valence-electron chi connectivity index (χ4n) is 4.54. The van der Waals surface area contributed by atoms with Crippen LogP contribution in [0.15, 0.2) is 48.9 Å². The highest BCUT2D eigenvalue weighted by Gasteiger charge is 2.24. The highest BCUT2D eigenvalue weighted by atomic mass is 16.5. The highest BCUT2D eigenvalue weighted by Crippen LogP contribution is 2.41. The van der Waals surface area contributed by atoms with E-state index in [0.29, 0.717) is 0 Å². The van der Waals surface area contributed by atoms with E-state index in [1.54, 1.807) is 0 Å². The summed E-state index contributed by atoms with van der Waals surface area (Å²) in [6.07, 6.45) is 6.49. The first-order chi connectivity index (χ1) is 16.3. The zero-order valence-corrected chi connectivity index (χ0v) is 18.9. The first-order valence-electron chi connectivity index (χ1n) is 11.8. The number of ether oxygens (including phenoxy) is 1. The number of rotatable bonds is 7. The largest absolute Gasteiger partial charge is 0.378 e. The molecule has 0 bridgehead atoms. The zero-order valence-electron chi connectivity index (χ0n) is 18.9. The van der Waals surface area contributed by atoms with Crippen molar-refractivity contribution < 1.29 is 4.74 Å². The number of morpholine rings is 1. The van der Waals surface area contributed by atoms with Crippen molar-refractivity contribution in [2.45, 2.75) is 25.3 Å². The molecule has 4 heterocycles. The van der Waals surface area contributed by atoms with Crippen molar-refractivity contribution in [3.05, 3.63) is 54.5 Å². The van der Waals surface area contributed by atoms with Gasteiger partial charge in [0.25, 0.3) is 0 Å². The average molecular weight is 444 g/mol. The zero-order chi connectivity index (χ0) is 22.2. The van der Waals surface area contributed by atoms with Gasteiger partial charge >= 0.3 is 0 Å². The Morgan fingerprint density at radius 3 is 2.82 bits per heavy atom. The Hall–Kier alpha value is -3.23. The van der Waals surface area contributed by atoms with Gasteiger partial charge < -0.3 is 19.5 Å². The molecule has 2 fully saturated rings. The summed E-state index contributed by atoms with van der Waals surface area (Å²) in [5, 5.41) is 8.12. The molecule has 6 rings (SSSR count). The van der Waals surface area contributed by atoms with Crippen LogP contribution in [0.5, 0.6) is 0 Å². The first-order valence-corrected chi connectivity index (χ1v) is 11.8. The lowest BCUT2D eigenvalue weighted by atomic mass is 10.1. The van der Waals surface area contributed by atoms with Gasteiger partial charge in [-0.1, -0.05) is 18.2 Å². The van der Waals surface area contributed by atoms with E-state index in [0.717, 1.165) is 79.2 Å². The molecule has 0 amide bonds. The number of hydrogen-bond acceptors (Lipinski definition) is 6. The molecule has 8 heteroatoms. The second-order valence-electron chi connectivity index (χ2n) is 8.86. The average Bonchev–Trinajstić information content (AvgIpc) is 3.46. The number of nitrogens with zero attached hydrogens (tertiary/aromatic N) is 6. The highest BCUT2D eigenvalue weighted by molar-refractivity contribution is 5.87. The molecule has 3 aromatic heterocycles. The standard InChI is InChI=1S/C25H29N7O/c1-26-8-10-31-17-27-24-22(30-11-13-33-14-12-30)16-23(28-25(24)31)32-9-7-21(29-32)20-4-2-3-19(15-20)18-5-6-18/h2-4,7,9,15-18,26H,5-6,8,10-14H2,1H3. The van der Waals surface area contributed by atoms with Gasteiger partial charge in [0.1, 0.15) is 5.52 Å². The summed E-state index contributed by atoms with van der Waals surface area (Å²) in [4.78, 5) is 12.1. The number of nitrogens with one attached hydrogen (secondary N) is 1. The van der Waals surface area contributed by atoms with Gasteiger partial charge in [-0.2, -0.15) is 5.10 Å². The SMILES string of the molecule is CNCCn1cnc2c(N3CCOCC3)cc(-n3ccc(-c4cccc(C5CC5)c4)n3)nc21. The van der Waals surface area contributed by atoms with Gasteiger partial charge in [-0.3, -0.25) is 0 Å². The van der Waals surface area contributed by atoms with E-state index >= 15 is 0 Å². The summed E-state index contributed by atoms with van der Waals surface area (Å²) in [6.45, 7) is 4.81. The topological polar surface area (TPSA) is 73.0 Å². The molecule has 0 unspecified atom stereocenters. The van der Waals surface area contributed by atoms with Crippen LogP contribution < -0.4 is 10.2 Å². The van der Waals surface area contributed by atoms with Crippen molar-refractivity contribution in [1.82, 2.24) is 29.6 Å². The number of likely N-dealkylation sites (N-methyl/N-ethyl adjacent to an activating group) is 1. The molecule has 1 aliphatic carbocycles. The van der Waals surface area contributed by atoms with Crippen molar-refractivity contribution >= 4 is 16.9 Å². The Bertz CT molecular complexity index is 1270. The molecule has 170 valence electrons. The molecule has 2 aliphatic rings. The third kappa shape index (κ3) is 4.00. The van der Waals surface area contributed by atoms with Crippen LogP contribution >= 0.6 is 0 Å². The fraction of sp³-hybridized carbons (Fsp3) is 0.400. The van der Waals surface area contributed by atoms with E-state index in [9.17, 15) is 0 Å². The molecular weight excluding hydrogens is 414 g/mol. The van der Waals surface area contributed by atoms with Crippen LogP contribution in [0, 0.1) is 0 Å². The molecule has 4 aromatic rings. The monoisotopic (exact) mass is 443 g/mol. The second-order valence-corrected chi connectivity index (χ2v) is 8.86. The van der Waals surface area contributed by atoms with Crippen molar-refractivity contribution in [1.29, 1.82) is 0 Å². The number of anilines is 1. The summed E-state index contributed by atoms with van der Waals surface area (Å²) in [7, 11) is 1.96. The number of benzene rings is 1. The normalized spacial score (nSPS) is 16.6. The maximum atomic E-state index is 5.58. The Morgan fingerprint density at radius 2 is 2.00 bits per heavy atom. The minimum Gasteiger partial charge on any atom is -0.378 e. The Labute approximate surface area is 193 Å². The maximum absolute atomic E-state index is 5.58. The molecule has 0 atom stereocenters. The van der Waals surface area contributed by atoms with Crippen molar-refractivity contribution in [3.8, 4) is 17.1 Å². The summed E-state index contributed by atoms with van der Waals surface area (Å²) >= 11 is 0. The summed E-state index contributed by atoms with van der Waals surface area (Å²) in [5.41, 5.74) is 6.46. The predicted octanol–water partition coefficient (Wildman–Crippen LogP) is 3.22. The summed E-state index contributed by atoms with van der Waals surface area (Å²) in [5.74, 6) is 1.53. The van der Waals surface area contributed by atoms with Crippen LogP contribution in [0.1, 0.15) is 24.3 Å². The van der Waals surface area contributed by atoms with E-state index in [2.05, 4.69) is 51.2 Å². The van der Waals surface area contributed by atoms with Gasteiger partial charge in [0, 0.05) is 44.0 Å². The van der Waals surface area contributed by atoms with Crippen molar-refractivity contribution in [2.75, 3.05) is 44.8 Å². The third-order valence-electron chi connectivity index (χ3n) is 6.55. The van der Waals surface area contributed by atoms with Crippen LogP contribution in [-0.4, -0.2) is 64.2 Å². The second kappa shape index (κ2) is 8.61. The summed E-state index contributed by atoms with van der Waals surface area (Å²) < 4.78 is 9.58. The molecule has 1 aromatic carbocycles. The first kappa shape index (κ1) is 20.4. The maximum Gasteiger partial charge on any atom is 0.164 e. The molecule has 1 aliphatic heterocycles. The molecular formula is C25H29N7O. The quantitative estimate of drug-likeness (QED) is 0.473. The number of hydrogen-bond donors (Lipinski definition) is 1. The minimum absolute atomic E-state index is 0.725. The van der Waals surface area contributed by atoms with Gasteiger partial charge in [-0.15, -0.1) is 0 Å². The molecule has 1 saturated heterocycles. The van der Waals surface area contributed by atoms with Gasteiger partial charge in [0.2, 0.25) is 0 Å². The Balaban J connectivity index is 1.40.